The van der Waals surface area contributed by atoms with Crippen molar-refractivity contribution in [1.82, 2.24) is 0 Å². The fourth-order valence-corrected chi connectivity index (χ4v) is 2.58. The maximum Gasteiger partial charge on any atom is 0.272 e. The Hall–Kier alpha value is -1.38. The van der Waals surface area contributed by atoms with Gasteiger partial charge >= 0.3 is 0 Å². The monoisotopic (exact) mass is 203 g/mol. The Morgan fingerprint density at radius 3 is 2.67 bits per heavy atom. The van der Waals surface area contributed by atoms with Crippen LogP contribution in [0.1, 0.15) is 30.7 Å². The van der Waals surface area contributed by atoms with Crippen LogP contribution in [0.25, 0.3) is 0 Å². The highest BCUT2D eigenvalue weighted by Crippen LogP contribution is 2.60. The minimum atomic E-state index is -0.252. The number of hydrogen-bond donors (Lipinski definition) is 0. The summed E-state index contributed by atoms with van der Waals surface area (Å²) in [6, 6.07) is 7.20. The van der Waals surface area contributed by atoms with Gasteiger partial charge in [-0.2, -0.15) is 0 Å². The molecule has 0 unspecified atom stereocenters. The first kappa shape index (κ1) is 8.89. The molecule has 0 bridgehead atoms. The zero-order valence-corrected chi connectivity index (χ0v) is 8.43. The quantitative estimate of drug-likeness (QED) is 0.559. The minimum Gasteiger partial charge on any atom is -0.258 e. The molecule has 0 radical (unpaired) electrons. The van der Waals surface area contributed by atoms with Gasteiger partial charge in [0.05, 0.1) is 4.92 Å². The van der Waals surface area contributed by atoms with Gasteiger partial charge in [-0.05, 0) is 37.0 Å². The van der Waals surface area contributed by atoms with Crippen LogP contribution in [0, 0.1) is 22.0 Å². The fraction of sp³-hybridized carbons (Fsp3) is 0.500. The summed E-state index contributed by atoms with van der Waals surface area (Å²) in [5.74, 6) is 2.08. The third-order valence-corrected chi connectivity index (χ3v) is 3.60. The van der Waals surface area contributed by atoms with Crippen LogP contribution in [0.2, 0.25) is 0 Å². The molecular weight excluding hydrogens is 190 g/mol. The Morgan fingerprint density at radius 1 is 1.27 bits per heavy atom. The van der Waals surface area contributed by atoms with Crippen LogP contribution < -0.4 is 0 Å². The van der Waals surface area contributed by atoms with Gasteiger partial charge in [0.25, 0.3) is 5.69 Å². The molecule has 3 rings (SSSR count). The summed E-state index contributed by atoms with van der Waals surface area (Å²) in [7, 11) is 0. The van der Waals surface area contributed by atoms with E-state index in [0.29, 0.717) is 11.6 Å². The Kier molecular flexibility index (Phi) is 1.81. The van der Waals surface area contributed by atoms with Crippen molar-refractivity contribution in [2.24, 2.45) is 11.8 Å². The molecule has 2 saturated carbocycles. The highest BCUT2D eigenvalue weighted by molar-refractivity contribution is 5.45. The number of rotatable bonds is 3. The number of para-hydroxylation sites is 1. The molecule has 0 N–H and O–H groups in total. The first-order chi connectivity index (χ1) is 7.27. The zero-order chi connectivity index (χ0) is 10.4. The number of nitro benzene ring substituents is 1. The van der Waals surface area contributed by atoms with E-state index in [1.165, 1.54) is 12.8 Å². The van der Waals surface area contributed by atoms with E-state index >= 15 is 0 Å². The predicted molar refractivity (Wildman–Crippen MR) is 56.7 cm³/mol. The van der Waals surface area contributed by atoms with Crippen molar-refractivity contribution in [3.05, 3.63) is 39.9 Å². The maximum absolute atomic E-state index is 10.9. The van der Waals surface area contributed by atoms with Gasteiger partial charge in [0.15, 0.2) is 0 Å². The van der Waals surface area contributed by atoms with Gasteiger partial charge < -0.3 is 0 Å². The van der Waals surface area contributed by atoms with Gasteiger partial charge in [0.2, 0.25) is 0 Å². The summed E-state index contributed by atoms with van der Waals surface area (Å²) in [6.45, 7) is 0. The first-order valence-corrected chi connectivity index (χ1v) is 5.50. The minimum absolute atomic E-state index is 0.252. The smallest absolute Gasteiger partial charge is 0.258 e. The van der Waals surface area contributed by atoms with Crippen molar-refractivity contribution >= 4 is 5.69 Å². The van der Waals surface area contributed by atoms with Gasteiger partial charge in [-0.15, -0.1) is 0 Å². The van der Waals surface area contributed by atoms with Crippen LogP contribution in [-0.2, 0) is 0 Å². The van der Waals surface area contributed by atoms with E-state index in [1.807, 2.05) is 12.1 Å². The Morgan fingerprint density at radius 2 is 2.00 bits per heavy atom. The van der Waals surface area contributed by atoms with Crippen molar-refractivity contribution in [3.8, 4) is 0 Å². The van der Waals surface area contributed by atoms with Crippen molar-refractivity contribution in [1.29, 1.82) is 0 Å². The number of nitrogens with zero attached hydrogens (tertiary/aromatic N) is 1. The van der Waals surface area contributed by atoms with Crippen molar-refractivity contribution in [3.63, 3.8) is 0 Å². The topological polar surface area (TPSA) is 43.1 Å². The van der Waals surface area contributed by atoms with Gasteiger partial charge in [-0.3, -0.25) is 10.1 Å². The molecule has 0 heterocycles. The van der Waals surface area contributed by atoms with Crippen LogP contribution >= 0.6 is 0 Å². The Balaban J connectivity index is 1.88. The van der Waals surface area contributed by atoms with Crippen LogP contribution in [0.3, 0.4) is 0 Å². The summed E-state index contributed by atoms with van der Waals surface area (Å²) >= 11 is 0. The second kappa shape index (κ2) is 3.05. The van der Waals surface area contributed by atoms with Gasteiger partial charge in [0.1, 0.15) is 0 Å². The van der Waals surface area contributed by atoms with Crippen molar-refractivity contribution in [2.45, 2.75) is 25.2 Å². The molecule has 2 fully saturated rings. The van der Waals surface area contributed by atoms with Crippen LogP contribution in [0.4, 0.5) is 5.69 Å². The van der Waals surface area contributed by atoms with Gasteiger partial charge in [-0.1, -0.05) is 18.2 Å². The third kappa shape index (κ3) is 1.52. The van der Waals surface area contributed by atoms with E-state index in [2.05, 4.69) is 0 Å². The first-order valence-electron chi connectivity index (χ1n) is 5.50. The average Bonchev–Trinajstić information content (AvgIpc) is 3.09. The van der Waals surface area contributed by atoms with E-state index < -0.39 is 0 Å². The lowest BCUT2D eigenvalue weighted by atomic mass is 10.1. The zero-order valence-electron chi connectivity index (χ0n) is 8.43. The molecule has 3 heteroatoms. The number of hydrogen-bond acceptors (Lipinski definition) is 2. The summed E-state index contributed by atoms with van der Waals surface area (Å²) in [6.07, 6.45) is 3.83. The Labute approximate surface area is 88.3 Å². The van der Waals surface area contributed by atoms with Crippen LogP contribution in [0.5, 0.6) is 0 Å². The molecule has 0 aromatic heterocycles. The normalized spacial score (nSPS) is 28.8. The summed E-state index contributed by atoms with van der Waals surface area (Å²) < 4.78 is 0. The molecule has 1 aromatic rings. The lowest BCUT2D eigenvalue weighted by molar-refractivity contribution is -0.385. The second-order valence-corrected chi connectivity index (χ2v) is 4.66. The molecular formula is C12H13NO2. The van der Waals surface area contributed by atoms with Gasteiger partial charge in [-0.25, -0.2) is 0 Å². The largest absolute Gasteiger partial charge is 0.272 e. The van der Waals surface area contributed by atoms with Crippen molar-refractivity contribution in [2.75, 3.05) is 0 Å². The SMILES string of the molecule is O=[N+]([O-])c1ccccc1[C@@H]1C[C@H]1C1CC1. The molecule has 0 aliphatic heterocycles. The molecule has 78 valence electrons. The lowest BCUT2D eigenvalue weighted by Gasteiger charge is -2.00. The average molecular weight is 203 g/mol. The summed E-state index contributed by atoms with van der Waals surface area (Å²) in [5.41, 5.74) is 1.27. The predicted octanol–water partition coefficient (Wildman–Crippen LogP) is 3.11. The Bertz CT molecular complexity index is 412. The summed E-state index contributed by atoms with van der Waals surface area (Å²) in [4.78, 5) is 10.6. The highest BCUT2D eigenvalue weighted by Gasteiger charge is 2.49. The lowest BCUT2D eigenvalue weighted by Crippen LogP contribution is -1.94. The molecule has 2 aliphatic rings. The second-order valence-electron chi connectivity index (χ2n) is 4.66. The molecule has 2 aliphatic carbocycles. The number of nitro groups is 1. The van der Waals surface area contributed by atoms with E-state index in [1.54, 1.807) is 12.1 Å². The molecule has 0 saturated heterocycles. The van der Waals surface area contributed by atoms with E-state index in [0.717, 1.165) is 23.8 Å². The van der Waals surface area contributed by atoms with E-state index in [-0.39, 0.29) is 4.92 Å². The highest BCUT2D eigenvalue weighted by atomic mass is 16.6. The molecule has 3 nitrogen and oxygen atoms in total. The van der Waals surface area contributed by atoms with Crippen molar-refractivity contribution < 1.29 is 4.92 Å². The van der Waals surface area contributed by atoms with Gasteiger partial charge in [0, 0.05) is 11.6 Å². The fourth-order valence-electron chi connectivity index (χ4n) is 2.58. The molecule has 0 amide bonds. The molecule has 2 atom stereocenters. The standard InChI is InChI=1S/C12H13NO2/c14-13(15)12-4-2-1-3-9(12)11-7-10(11)8-5-6-8/h1-4,8,10-11H,5-7H2/t10-,11-/m0/s1. The van der Waals surface area contributed by atoms with Crippen LogP contribution in [-0.4, -0.2) is 4.92 Å². The third-order valence-electron chi connectivity index (χ3n) is 3.60. The molecule has 15 heavy (non-hydrogen) atoms. The van der Waals surface area contributed by atoms with Crippen LogP contribution in [0.15, 0.2) is 24.3 Å². The van der Waals surface area contributed by atoms with E-state index in [9.17, 15) is 10.1 Å². The molecule has 1 aromatic carbocycles. The summed E-state index contributed by atoms with van der Waals surface area (Å²) in [5, 5.41) is 10.9. The van der Waals surface area contributed by atoms with E-state index in [4.69, 9.17) is 0 Å². The maximum atomic E-state index is 10.9. The number of benzene rings is 1. The molecule has 0 spiro atoms.